The van der Waals surface area contributed by atoms with Gasteiger partial charge in [-0.15, -0.1) is 0 Å². The normalized spacial score (nSPS) is 40.0. The second-order valence-electron chi connectivity index (χ2n) is 7.78. The molecule has 0 unspecified atom stereocenters. The quantitative estimate of drug-likeness (QED) is 0.809. The third-order valence-electron chi connectivity index (χ3n) is 6.90. The SMILES string of the molecule is CC1(C)[C@@H](c2ccccc2)[C@H]2C(=O)[C@@H]3[C@H]2[C@]31c1ccccc1. The first kappa shape index (κ1) is 12.6. The van der Waals surface area contributed by atoms with Crippen molar-refractivity contribution in [1.29, 1.82) is 0 Å². The second kappa shape index (κ2) is 3.71. The topological polar surface area (TPSA) is 17.1 Å². The van der Waals surface area contributed by atoms with Crippen molar-refractivity contribution in [2.24, 2.45) is 23.2 Å². The fourth-order valence-corrected chi connectivity index (χ4v) is 6.22. The van der Waals surface area contributed by atoms with E-state index >= 15 is 0 Å². The maximum atomic E-state index is 12.7. The Bertz CT molecular complexity index is 761. The summed E-state index contributed by atoms with van der Waals surface area (Å²) in [5.41, 5.74) is 2.93. The molecule has 22 heavy (non-hydrogen) atoms. The van der Waals surface area contributed by atoms with Crippen molar-refractivity contribution < 1.29 is 4.79 Å². The van der Waals surface area contributed by atoms with E-state index in [0.29, 0.717) is 17.6 Å². The van der Waals surface area contributed by atoms with Gasteiger partial charge in [-0.1, -0.05) is 74.5 Å². The van der Waals surface area contributed by atoms with Crippen molar-refractivity contribution in [3.8, 4) is 0 Å². The molecular weight excluding hydrogens is 268 g/mol. The van der Waals surface area contributed by atoms with Gasteiger partial charge in [0.25, 0.3) is 0 Å². The smallest absolute Gasteiger partial charge is 0.141 e. The van der Waals surface area contributed by atoms with E-state index in [4.69, 9.17) is 0 Å². The van der Waals surface area contributed by atoms with Crippen LogP contribution in [0.1, 0.15) is 30.9 Å². The lowest BCUT2D eigenvalue weighted by Gasteiger charge is -2.45. The van der Waals surface area contributed by atoms with E-state index in [9.17, 15) is 4.79 Å². The Morgan fingerprint density at radius 2 is 1.41 bits per heavy atom. The Morgan fingerprint density at radius 1 is 0.818 bits per heavy atom. The molecule has 0 spiro atoms. The third-order valence-corrected chi connectivity index (χ3v) is 6.90. The second-order valence-corrected chi connectivity index (χ2v) is 7.78. The molecule has 0 radical (unpaired) electrons. The molecule has 0 bridgehead atoms. The highest BCUT2D eigenvalue weighted by Crippen LogP contribution is 2.88. The van der Waals surface area contributed by atoms with Crippen LogP contribution >= 0.6 is 0 Å². The molecular formula is C21H20O. The molecule has 3 aliphatic rings. The van der Waals surface area contributed by atoms with Crippen molar-refractivity contribution in [2.75, 3.05) is 0 Å². The van der Waals surface area contributed by atoms with Crippen LogP contribution in [0.4, 0.5) is 0 Å². The van der Waals surface area contributed by atoms with Gasteiger partial charge in [-0.05, 0) is 28.4 Å². The monoisotopic (exact) mass is 288 g/mol. The molecule has 3 aliphatic carbocycles. The molecule has 0 heterocycles. The highest BCUT2D eigenvalue weighted by Gasteiger charge is 2.91. The van der Waals surface area contributed by atoms with Crippen LogP contribution in [0.25, 0.3) is 0 Å². The summed E-state index contributed by atoms with van der Waals surface area (Å²) < 4.78 is 0. The van der Waals surface area contributed by atoms with Crippen molar-refractivity contribution in [3.63, 3.8) is 0 Å². The van der Waals surface area contributed by atoms with Gasteiger partial charge in [0, 0.05) is 17.3 Å². The minimum absolute atomic E-state index is 0.0799. The molecule has 0 amide bonds. The van der Waals surface area contributed by atoms with E-state index in [0.717, 1.165) is 0 Å². The van der Waals surface area contributed by atoms with Gasteiger partial charge in [-0.25, -0.2) is 0 Å². The van der Waals surface area contributed by atoms with Crippen molar-refractivity contribution in [1.82, 2.24) is 0 Å². The largest absolute Gasteiger partial charge is 0.299 e. The highest BCUT2D eigenvalue weighted by molar-refractivity contribution is 6.01. The van der Waals surface area contributed by atoms with Crippen LogP contribution in [0.15, 0.2) is 60.7 Å². The molecule has 0 aromatic heterocycles. The minimum atomic E-state index is 0.0799. The van der Waals surface area contributed by atoms with E-state index in [2.05, 4.69) is 74.5 Å². The number of carbonyl (C=O) groups excluding carboxylic acids is 1. The lowest BCUT2D eigenvalue weighted by Crippen LogP contribution is -2.45. The zero-order valence-electron chi connectivity index (χ0n) is 13.0. The molecule has 3 fully saturated rings. The predicted octanol–water partition coefficient (Wildman–Crippen LogP) is 4.19. The number of fused-ring (bicyclic) bond motifs is 1. The van der Waals surface area contributed by atoms with Crippen LogP contribution in [0.5, 0.6) is 0 Å². The van der Waals surface area contributed by atoms with Crippen LogP contribution in [-0.2, 0) is 10.2 Å². The van der Waals surface area contributed by atoms with Gasteiger partial charge in [0.2, 0.25) is 0 Å². The number of rotatable bonds is 2. The number of hydrogen-bond donors (Lipinski definition) is 0. The van der Waals surface area contributed by atoms with Gasteiger partial charge in [-0.3, -0.25) is 4.79 Å². The zero-order valence-corrected chi connectivity index (χ0v) is 13.0. The first-order valence-electron chi connectivity index (χ1n) is 8.26. The van der Waals surface area contributed by atoms with Gasteiger partial charge < -0.3 is 0 Å². The van der Waals surface area contributed by atoms with E-state index in [1.807, 2.05) is 0 Å². The molecule has 0 aliphatic heterocycles. The van der Waals surface area contributed by atoms with Crippen LogP contribution in [-0.4, -0.2) is 5.78 Å². The van der Waals surface area contributed by atoms with Crippen LogP contribution in [0.2, 0.25) is 0 Å². The first-order valence-corrected chi connectivity index (χ1v) is 8.26. The molecule has 5 atom stereocenters. The summed E-state index contributed by atoms with van der Waals surface area (Å²) in [4.78, 5) is 12.7. The van der Waals surface area contributed by atoms with Gasteiger partial charge >= 0.3 is 0 Å². The summed E-state index contributed by atoms with van der Waals surface area (Å²) in [7, 11) is 0. The number of ketones is 1. The van der Waals surface area contributed by atoms with Crippen molar-refractivity contribution >= 4 is 5.78 Å². The first-order chi connectivity index (χ1) is 10.6. The fraction of sp³-hybridized carbons (Fsp3) is 0.381. The number of hydrogen-bond acceptors (Lipinski definition) is 1. The Labute approximate surface area is 131 Å². The summed E-state index contributed by atoms with van der Waals surface area (Å²) in [6, 6.07) is 21.4. The molecule has 0 N–H and O–H groups in total. The van der Waals surface area contributed by atoms with E-state index in [1.54, 1.807) is 0 Å². The van der Waals surface area contributed by atoms with Crippen LogP contribution < -0.4 is 0 Å². The Hall–Kier alpha value is -1.89. The van der Waals surface area contributed by atoms with E-state index < -0.39 is 0 Å². The standard InChI is InChI=1S/C21H20O/c1-20(2)16(13-9-5-3-6-10-13)15-17-18(19(15)22)21(17,20)14-11-7-4-8-12-14/h3-12,15-18H,1-2H3/t15-,16+,17+,18+,21-/m1/s1. The van der Waals surface area contributed by atoms with E-state index in [-0.39, 0.29) is 22.7 Å². The maximum absolute atomic E-state index is 12.7. The molecule has 0 saturated heterocycles. The lowest BCUT2D eigenvalue weighted by atomic mass is 9.57. The average Bonchev–Trinajstić information content (AvgIpc) is 3.15. The predicted molar refractivity (Wildman–Crippen MR) is 86.6 cm³/mol. The Balaban J connectivity index is 1.70. The minimum Gasteiger partial charge on any atom is -0.299 e. The van der Waals surface area contributed by atoms with Gasteiger partial charge in [-0.2, -0.15) is 0 Å². The lowest BCUT2D eigenvalue weighted by molar-refractivity contribution is -0.134. The van der Waals surface area contributed by atoms with Gasteiger partial charge in [0.1, 0.15) is 5.78 Å². The third kappa shape index (κ3) is 1.11. The van der Waals surface area contributed by atoms with Crippen molar-refractivity contribution in [2.45, 2.75) is 25.2 Å². The Morgan fingerprint density at radius 3 is 2.05 bits per heavy atom. The summed E-state index contributed by atoms with van der Waals surface area (Å²) in [5.74, 6) is 1.97. The van der Waals surface area contributed by atoms with Gasteiger partial charge in [0.15, 0.2) is 0 Å². The molecule has 1 nitrogen and oxygen atoms in total. The summed E-state index contributed by atoms with van der Waals surface area (Å²) in [6.07, 6.45) is 0. The molecule has 3 saturated carbocycles. The molecule has 5 rings (SSSR count). The van der Waals surface area contributed by atoms with E-state index in [1.165, 1.54) is 11.1 Å². The molecule has 1 heteroatoms. The van der Waals surface area contributed by atoms with Crippen molar-refractivity contribution in [3.05, 3.63) is 71.8 Å². The van der Waals surface area contributed by atoms with Gasteiger partial charge in [0.05, 0.1) is 0 Å². The maximum Gasteiger partial charge on any atom is 0.141 e. The summed E-state index contributed by atoms with van der Waals surface area (Å²) >= 11 is 0. The highest BCUT2D eigenvalue weighted by atomic mass is 16.1. The zero-order chi connectivity index (χ0) is 15.1. The van der Waals surface area contributed by atoms with Crippen LogP contribution in [0, 0.1) is 23.2 Å². The van der Waals surface area contributed by atoms with Crippen LogP contribution in [0.3, 0.4) is 0 Å². The average molecular weight is 288 g/mol. The summed E-state index contributed by atoms with van der Waals surface area (Å²) in [5, 5.41) is 0. The number of carbonyl (C=O) groups is 1. The number of benzene rings is 2. The Kier molecular flexibility index (Phi) is 2.13. The molecule has 2 aromatic carbocycles. The fourth-order valence-electron chi connectivity index (χ4n) is 6.22. The summed E-state index contributed by atoms with van der Waals surface area (Å²) in [6.45, 7) is 4.77. The number of Topliss-reactive ketones (excluding diaryl/α,β-unsaturated/α-hetero) is 1. The molecule has 110 valence electrons. The molecule has 2 aromatic rings.